The molecule has 0 fully saturated rings. The average Bonchev–Trinajstić information content (AvgIpc) is 3.05. The molecule has 1 heterocycles. The minimum atomic E-state index is -0.0257. The van der Waals surface area contributed by atoms with Crippen molar-refractivity contribution in [2.75, 3.05) is 0 Å². The zero-order chi connectivity index (χ0) is 20.6. The molecule has 0 radical (unpaired) electrons. The van der Waals surface area contributed by atoms with Gasteiger partial charge >= 0.3 is 0 Å². The Hall–Kier alpha value is -2.19. The van der Waals surface area contributed by atoms with Gasteiger partial charge in [-0.15, -0.1) is 0 Å². The monoisotopic (exact) mass is 403 g/mol. The van der Waals surface area contributed by atoms with Crippen molar-refractivity contribution in [3.63, 3.8) is 0 Å². The molecule has 2 atom stereocenters. The number of ketones is 1. The van der Waals surface area contributed by atoms with E-state index in [-0.39, 0.29) is 21.7 Å². The van der Waals surface area contributed by atoms with Crippen molar-refractivity contribution in [1.82, 2.24) is 0 Å². The van der Waals surface area contributed by atoms with Crippen LogP contribution >= 0.6 is 10.5 Å². The zero-order valence-electron chi connectivity index (χ0n) is 18.0. The lowest BCUT2D eigenvalue weighted by molar-refractivity contribution is 0.0888. The number of carbonyl (C=O) groups is 1. The number of carbonyl (C=O) groups excluding carboxylic acids is 1. The molecule has 1 aliphatic rings. The first-order chi connectivity index (χ1) is 13.9. The summed E-state index contributed by atoms with van der Waals surface area (Å²) in [5, 5.41) is 3.72. The highest BCUT2D eigenvalue weighted by Crippen LogP contribution is 2.43. The number of allylic oxidation sites excluding steroid dienone is 2. The molecule has 0 bridgehead atoms. The van der Waals surface area contributed by atoms with E-state index in [4.69, 9.17) is 0 Å². The van der Waals surface area contributed by atoms with Gasteiger partial charge in [-0.1, -0.05) is 37.6 Å². The summed E-state index contributed by atoms with van der Waals surface area (Å²) in [4.78, 5) is 14.4. The van der Waals surface area contributed by atoms with Crippen LogP contribution in [0.3, 0.4) is 0 Å². The number of benzene rings is 2. The minimum Gasteiger partial charge on any atom is -0.294 e. The van der Waals surface area contributed by atoms with Gasteiger partial charge in [-0.05, 0) is 80.8 Å². The molecule has 0 N–H and O–H groups in total. The summed E-state index contributed by atoms with van der Waals surface area (Å²) in [6.07, 6.45) is 6.61. The molecule has 0 saturated carbocycles. The third-order valence-corrected chi connectivity index (χ3v) is 8.75. The molecule has 3 aromatic rings. The largest absolute Gasteiger partial charge is 0.294 e. The van der Waals surface area contributed by atoms with E-state index in [1.807, 2.05) is 12.1 Å². The normalized spacial score (nSPS) is 18.0. The molecule has 29 heavy (non-hydrogen) atoms. The van der Waals surface area contributed by atoms with Gasteiger partial charge in [0.15, 0.2) is 15.4 Å². The predicted octanol–water partition coefficient (Wildman–Crippen LogP) is 8.23. The van der Waals surface area contributed by atoms with Gasteiger partial charge in [-0.2, -0.15) is 0 Å². The summed E-state index contributed by atoms with van der Waals surface area (Å²) in [5.74, 6) is 0.783. The van der Waals surface area contributed by atoms with Gasteiger partial charge in [-0.3, -0.25) is 4.79 Å². The third kappa shape index (κ3) is 3.96. The molecule has 0 saturated heterocycles. The van der Waals surface area contributed by atoms with E-state index in [1.54, 1.807) is 0 Å². The van der Waals surface area contributed by atoms with E-state index in [9.17, 15) is 4.79 Å². The lowest BCUT2D eigenvalue weighted by Gasteiger charge is -2.37. The van der Waals surface area contributed by atoms with E-state index < -0.39 is 0 Å². The zero-order valence-corrected chi connectivity index (χ0v) is 18.8. The van der Waals surface area contributed by atoms with Crippen LogP contribution in [0.2, 0.25) is 0 Å². The highest BCUT2D eigenvalue weighted by Gasteiger charge is 2.33. The van der Waals surface area contributed by atoms with E-state index in [0.717, 1.165) is 5.56 Å². The third-order valence-electron chi connectivity index (χ3n) is 6.55. The fourth-order valence-electron chi connectivity index (χ4n) is 4.94. The molecule has 2 aromatic carbocycles. The minimum absolute atomic E-state index is 0.00273. The average molecular weight is 404 g/mol. The molecule has 2 heteroatoms. The predicted molar refractivity (Wildman–Crippen MR) is 126 cm³/mol. The SMILES string of the molecule is CC1=CCCCC1C(C)(C)CC(=O)c1ccc(-[s+]2cc(C)c3ccccc32)cc1. The second kappa shape index (κ2) is 7.91. The summed E-state index contributed by atoms with van der Waals surface area (Å²) < 4.78 is 1.39. The Balaban J connectivity index is 1.55. The van der Waals surface area contributed by atoms with E-state index in [1.165, 1.54) is 45.4 Å². The summed E-state index contributed by atoms with van der Waals surface area (Å²) >= 11 is 0. The Kier molecular flexibility index (Phi) is 5.48. The maximum Gasteiger partial charge on any atom is 0.186 e. The standard InChI is InChI=1S/C27H31OS/c1-19-9-5-7-11-24(19)27(3,4)17-25(28)21-13-15-22(16-14-21)29-18-20(2)23-10-6-8-12-26(23)29/h6,8-10,12-16,18,24H,5,7,11,17H2,1-4H3/q+1. The van der Waals surface area contributed by atoms with Crippen LogP contribution in [-0.2, 0) is 0 Å². The number of fused-ring (bicyclic) bond motifs is 1. The first-order valence-corrected chi connectivity index (χ1v) is 12.0. The van der Waals surface area contributed by atoms with Gasteiger partial charge in [0.25, 0.3) is 0 Å². The second-order valence-corrected chi connectivity index (χ2v) is 11.0. The first-order valence-electron chi connectivity index (χ1n) is 10.7. The Labute approximate surface area is 177 Å². The highest BCUT2D eigenvalue weighted by molar-refractivity contribution is 7.43. The van der Waals surface area contributed by atoms with Gasteiger partial charge in [0, 0.05) is 33.4 Å². The van der Waals surface area contributed by atoms with E-state index >= 15 is 0 Å². The maximum absolute atomic E-state index is 13.1. The summed E-state index contributed by atoms with van der Waals surface area (Å²) in [6.45, 7) is 8.95. The maximum atomic E-state index is 13.1. The Morgan fingerprint density at radius 2 is 1.79 bits per heavy atom. The van der Waals surface area contributed by atoms with Crippen LogP contribution < -0.4 is 0 Å². The van der Waals surface area contributed by atoms with Crippen molar-refractivity contribution in [3.05, 3.63) is 76.7 Å². The first kappa shape index (κ1) is 20.1. The van der Waals surface area contributed by atoms with Gasteiger partial charge in [0.05, 0.1) is 0 Å². The molecule has 1 nitrogen and oxygen atoms in total. The molecule has 0 amide bonds. The number of aryl methyl sites for hydroxylation is 1. The molecule has 150 valence electrons. The van der Waals surface area contributed by atoms with Crippen LogP contribution in [0.1, 0.15) is 62.4 Å². The van der Waals surface area contributed by atoms with Gasteiger partial charge in [0.1, 0.15) is 5.38 Å². The van der Waals surface area contributed by atoms with Crippen molar-refractivity contribution in [3.8, 4) is 4.90 Å². The van der Waals surface area contributed by atoms with Crippen LogP contribution in [0.25, 0.3) is 15.0 Å². The topological polar surface area (TPSA) is 17.1 Å². The van der Waals surface area contributed by atoms with E-state index in [0.29, 0.717) is 12.3 Å². The van der Waals surface area contributed by atoms with Crippen molar-refractivity contribution >= 4 is 26.3 Å². The summed E-state index contributed by atoms with van der Waals surface area (Å²) in [6, 6.07) is 17.0. The number of Topliss-reactive ketones (excluding diaryl/α,β-unsaturated/α-hetero) is 1. The lowest BCUT2D eigenvalue weighted by atomic mass is 9.67. The summed E-state index contributed by atoms with van der Waals surface area (Å²) in [7, 11) is -0.0257. The van der Waals surface area contributed by atoms with Crippen molar-refractivity contribution in [2.45, 2.75) is 53.4 Å². The lowest BCUT2D eigenvalue weighted by Crippen LogP contribution is -2.29. The van der Waals surface area contributed by atoms with Crippen molar-refractivity contribution in [1.29, 1.82) is 0 Å². The van der Waals surface area contributed by atoms with Crippen LogP contribution in [0.4, 0.5) is 0 Å². The molecule has 0 spiro atoms. The van der Waals surface area contributed by atoms with Crippen LogP contribution in [0.5, 0.6) is 0 Å². The van der Waals surface area contributed by atoms with Gasteiger partial charge < -0.3 is 0 Å². The quantitative estimate of drug-likeness (QED) is 0.238. The van der Waals surface area contributed by atoms with Gasteiger partial charge in [-0.25, -0.2) is 0 Å². The highest BCUT2D eigenvalue weighted by atomic mass is 32.2. The summed E-state index contributed by atoms with van der Waals surface area (Å²) in [5.41, 5.74) is 3.66. The van der Waals surface area contributed by atoms with Crippen molar-refractivity contribution in [2.24, 2.45) is 11.3 Å². The number of hydrogen-bond donors (Lipinski definition) is 0. The molecule has 2 unspecified atom stereocenters. The fourth-order valence-corrected chi connectivity index (χ4v) is 7.06. The Morgan fingerprint density at radius 1 is 1.07 bits per heavy atom. The molecular weight excluding hydrogens is 372 g/mol. The fraction of sp³-hybridized carbons (Fsp3) is 0.370. The van der Waals surface area contributed by atoms with E-state index in [2.05, 4.69) is 75.5 Å². The van der Waals surface area contributed by atoms with Gasteiger partial charge in [0.2, 0.25) is 0 Å². The number of hydrogen-bond acceptors (Lipinski definition) is 1. The Bertz CT molecular complexity index is 1070. The van der Waals surface area contributed by atoms with Crippen molar-refractivity contribution < 1.29 is 4.79 Å². The van der Waals surface area contributed by atoms with Crippen LogP contribution in [0, 0.1) is 18.3 Å². The smallest absolute Gasteiger partial charge is 0.186 e. The molecule has 0 aliphatic heterocycles. The Morgan fingerprint density at radius 3 is 2.52 bits per heavy atom. The van der Waals surface area contributed by atoms with Crippen LogP contribution in [0.15, 0.2) is 65.6 Å². The molecular formula is C27H31OS+. The molecule has 1 aliphatic carbocycles. The number of thiophene rings is 1. The number of rotatable bonds is 5. The molecule has 1 aromatic heterocycles. The molecule has 4 rings (SSSR count). The second-order valence-electron chi connectivity index (χ2n) is 9.18. The van der Waals surface area contributed by atoms with Crippen LogP contribution in [-0.4, -0.2) is 5.78 Å².